The molecule has 0 aromatic heterocycles. The Kier molecular flexibility index (Phi) is 31.1. The summed E-state index contributed by atoms with van der Waals surface area (Å²) in [5, 5.41) is 27.3. The van der Waals surface area contributed by atoms with Crippen LogP contribution in [0.5, 0.6) is 0 Å². The van der Waals surface area contributed by atoms with Crippen molar-refractivity contribution in [3.8, 4) is 0 Å². The molecular formula is C126H133ClN8O9. The van der Waals surface area contributed by atoms with Crippen LogP contribution >= 0.6 is 11.6 Å². The lowest BCUT2D eigenvalue weighted by atomic mass is 9.72. The molecule has 0 unspecified atom stereocenters. The van der Waals surface area contributed by atoms with Gasteiger partial charge in [0.2, 0.25) is 0 Å². The Labute approximate surface area is 854 Å². The number of para-hydroxylation sites is 2. The minimum absolute atomic E-state index is 0.0985. The molecule has 0 spiro atoms. The molecule has 0 bridgehead atoms. The molecule has 0 saturated heterocycles. The summed E-state index contributed by atoms with van der Waals surface area (Å²) in [6.07, 6.45) is 27.0. The molecule has 2 heterocycles. The number of rotatable bonds is 13. The molecule has 16 rings (SSSR count). The summed E-state index contributed by atoms with van der Waals surface area (Å²) in [7, 11) is 0. The number of halogens is 1. The van der Waals surface area contributed by atoms with E-state index in [4.69, 9.17) is 11.6 Å². The first-order valence-electron chi connectivity index (χ1n) is 49.3. The van der Waals surface area contributed by atoms with Gasteiger partial charge >= 0.3 is 0 Å². The van der Waals surface area contributed by atoms with Gasteiger partial charge in [-0.15, -0.1) is 0 Å². The van der Waals surface area contributed by atoms with Crippen molar-refractivity contribution in [2.24, 2.45) is 74.0 Å². The highest BCUT2D eigenvalue weighted by Crippen LogP contribution is 2.48. The van der Waals surface area contributed by atoms with Crippen molar-refractivity contribution >= 4 is 115 Å². The third-order valence-corrected chi connectivity index (χ3v) is 26.5. The first-order valence-corrected chi connectivity index (χ1v) is 49.7. The molecule has 738 valence electrons. The van der Waals surface area contributed by atoms with Gasteiger partial charge in [-0.3, -0.25) is 43.2 Å². The number of anilines is 2. The van der Waals surface area contributed by atoms with E-state index in [0.717, 1.165) is 152 Å². The largest absolute Gasteiger partial charge is 0.289 e. The summed E-state index contributed by atoms with van der Waals surface area (Å²) < 4.78 is 0. The lowest BCUT2D eigenvalue weighted by Crippen LogP contribution is -2.44. The Morgan fingerprint density at radius 2 is 0.514 bits per heavy atom. The van der Waals surface area contributed by atoms with Crippen LogP contribution in [0.2, 0.25) is 5.02 Å². The lowest BCUT2D eigenvalue weighted by Gasteiger charge is -2.33. The van der Waals surface area contributed by atoms with E-state index < -0.39 is 23.6 Å². The van der Waals surface area contributed by atoms with E-state index in [1.165, 1.54) is 9.80 Å². The number of aryl methyl sites for hydroxylation is 4. The zero-order valence-corrected chi connectivity index (χ0v) is 89.3. The standard InChI is InChI=1S/C43H52N4O2.C32H26N2O4.C30H30O2.C21H25ClN2O/c1-40(2,3)34-22-30(23-35(38(34)48)41(4,5)6)26-44-46-32-17-13-28(14-18-32)21-29-15-19-33(20-16-29)47-45-27-31-24-36(42(7,8)9)39(49)37(25-31)43(10,11)12;1-5-19-11-7-9-17(3)27(19)33-29(35)21-13-15-23-26-24(16-14-22(25(21)26)30(33)36)32(38)34(31(23)37)28-18(4)10-8-12-20(28)6-2;1-29(2,3)25-17-19(21-11-7-9-13-23(21)27(25)31)15-16-20-18-26(30(4,5)6)28(32)24-14-10-8-12-22(20)24;1-20(2,3)17-11-14(12-18(19(17)25)21(4,5)6)13-23-24-16-9-7-15(22)8-10-16/h13-20,22-27H,21H2,1-12H3;7-16H,5-6H2,1-4H3;7-18H,1-6H3;7-13H,1-6H3/b;;19-15+,20-16+;. The number of nitrogens with zero attached hydrogens (tertiary/aromatic N) is 8. The van der Waals surface area contributed by atoms with Crippen LogP contribution in [0.25, 0.3) is 21.9 Å². The molecule has 0 radical (unpaired) electrons. The summed E-state index contributed by atoms with van der Waals surface area (Å²) in [4.78, 5) is 123. The van der Waals surface area contributed by atoms with Crippen LogP contribution in [0, 0.1) is 57.2 Å². The second kappa shape index (κ2) is 41.9. The Hall–Kier alpha value is -14.4. The second-order valence-electron chi connectivity index (χ2n) is 45.8. The van der Waals surface area contributed by atoms with E-state index in [1.807, 2.05) is 198 Å². The third kappa shape index (κ3) is 23.6. The highest BCUT2D eigenvalue weighted by atomic mass is 35.5. The van der Waals surface area contributed by atoms with Crippen LogP contribution in [0.1, 0.15) is 287 Å². The molecule has 9 aromatic rings. The molecule has 18 heteroatoms. The Balaban J connectivity index is 0.000000165. The van der Waals surface area contributed by atoms with Gasteiger partial charge in [-0.1, -0.05) is 313 Å². The first-order chi connectivity index (χ1) is 67.4. The number of azo groups is 3. The zero-order valence-electron chi connectivity index (χ0n) is 88.6. The van der Waals surface area contributed by atoms with E-state index in [0.29, 0.717) is 62.3 Å². The molecule has 17 nitrogen and oxygen atoms in total. The van der Waals surface area contributed by atoms with Crippen molar-refractivity contribution in [2.75, 3.05) is 9.80 Å². The monoisotopic (exact) mass is 1940 g/mol. The Morgan fingerprint density at radius 3 is 0.764 bits per heavy atom. The molecule has 2 aliphatic heterocycles. The SMILES string of the molecule is CC(C)(C)C1=C/C(=C\C=C2/C=C(C(C)(C)C)C(=O)c3ccccc32)c2ccccc2C1=O.CC(C)(C)C1=CC(=CN=Nc2ccc(Cc3ccc(N=NC=C4C=C(C(C)(C)C)C(=O)C(C(C)(C)C)=C4)cc3)cc2)C=C(C(C)(C)C)C1=O.CC(C)(C)C1=CC(=CN=Nc2ccc(Cl)cc2)C=C(C(C)(C)C)C1=O.CCc1cccc(C)c1N1C(=O)c2ccc3c4c(ccc(c24)C1=O)C(=O)N(c1c(C)cccc1CC)C3=O. The average molecular weight is 1940 g/mol. The molecule has 0 atom stereocenters. The lowest BCUT2D eigenvalue weighted by molar-refractivity contribution is -0.114. The molecule has 0 saturated carbocycles. The number of fused-ring (bicyclic) bond motifs is 2. The van der Waals surface area contributed by atoms with Crippen LogP contribution in [0.4, 0.5) is 28.4 Å². The van der Waals surface area contributed by atoms with E-state index in [9.17, 15) is 43.2 Å². The topological polar surface area (TPSA) is 234 Å². The molecule has 7 aliphatic rings. The van der Waals surface area contributed by atoms with Crippen molar-refractivity contribution in [3.63, 3.8) is 0 Å². The molecule has 4 amide bonds. The molecule has 0 N–H and O–H groups in total. The molecular weight excluding hydrogens is 1800 g/mol. The fourth-order valence-electron chi connectivity index (χ4n) is 18.4. The van der Waals surface area contributed by atoms with E-state index in [1.54, 1.807) is 55.0 Å². The predicted molar refractivity (Wildman–Crippen MR) is 585 cm³/mol. The number of carbonyl (C=O) groups is 9. The molecule has 144 heavy (non-hydrogen) atoms. The summed E-state index contributed by atoms with van der Waals surface area (Å²) in [5.41, 5.74) is 22.8. The summed E-state index contributed by atoms with van der Waals surface area (Å²) in [5.74, 6) is -1.29. The number of carbonyl (C=O) groups excluding carboxylic acids is 9. The van der Waals surface area contributed by atoms with Crippen LogP contribution in [-0.2, 0) is 33.6 Å². The van der Waals surface area contributed by atoms with Crippen molar-refractivity contribution in [1.82, 2.24) is 0 Å². The van der Waals surface area contributed by atoms with Gasteiger partial charge in [0.1, 0.15) is 0 Å². The van der Waals surface area contributed by atoms with Crippen LogP contribution in [-0.4, -0.2) is 52.5 Å². The fourth-order valence-corrected chi connectivity index (χ4v) is 18.5. The van der Waals surface area contributed by atoms with E-state index in [2.05, 4.69) is 233 Å². The Bertz CT molecular complexity index is 6790. The quantitative estimate of drug-likeness (QED) is 0.0787. The number of amides is 4. The van der Waals surface area contributed by atoms with Gasteiger partial charge in [0.05, 0.1) is 47.0 Å². The summed E-state index contributed by atoms with van der Waals surface area (Å²) in [6.45, 7) is 57.2. The number of imide groups is 2. The maximum absolute atomic E-state index is 13.9. The smallest absolute Gasteiger partial charge is 0.266 e. The van der Waals surface area contributed by atoms with E-state index >= 15 is 0 Å². The number of ketones is 5. The molecule has 9 aromatic carbocycles. The number of hydrogen-bond donors (Lipinski definition) is 0. The minimum Gasteiger partial charge on any atom is -0.289 e. The van der Waals surface area contributed by atoms with Gasteiger partial charge in [-0.05, 0) is 270 Å². The molecule has 0 fully saturated rings. The summed E-state index contributed by atoms with van der Waals surface area (Å²) >= 11 is 5.87. The van der Waals surface area contributed by atoms with Crippen molar-refractivity contribution < 1.29 is 43.2 Å². The van der Waals surface area contributed by atoms with Crippen molar-refractivity contribution in [3.05, 3.63) is 406 Å². The minimum atomic E-state index is -0.454. The predicted octanol–water partition coefficient (Wildman–Crippen LogP) is 32.8. The first kappa shape index (κ1) is 107. The summed E-state index contributed by atoms with van der Waals surface area (Å²) in [6, 6.07) is 56.7. The van der Waals surface area contributed by atoms with Gasteiger partial charge in [-0.25, -0.2) is 9.80 Å². The van der Waals surface area contributed by atoms with Gasteiger partial charge in [0.15, 0.2) is 28.9 Å². The third-order valence-electron chi connectivity index (χ3n) is 26.3. The maximum Gasteiger partial charge on any atom is 0.266 e. The van der Waals surface area contributed by atoms with Crippen LogP contribution in [0.15, 0.2) is 353 Å². The second-order valence-corrected chi connectivity index (χ2v) is 46.2. The number of hydrogen-bond acceptors (Lipinski definition) is 15. The number of allylic oxidation sites excluding steroid dienone is 23. The van der Waals surface area contributed by atoms with Gasteiger partial charge in [0, 0.05) is 93.8 Å². The number of benzene rings is 9. The zero-order chi connectivity index (χ0) is 105. The van der Waals surface area contributed by atoms with Crippen molar-refractivity contribution in [1.29, 1.82) is 0 Å². The Morgan fingerprint density at radius 1 is 0.271 bits per heavy atom. The van der Waals surface area contributed by atoms with Gasteiger partial charge < -0.3 is 0 Å². The highest BCUT2D eigenvalue weighted by molar-refractivity contribution is 6.42. The number of Topliss-reactive ketones (excluding diaryl/α,β-unsaturated/α-hetero) is 5. The van der Waals surface area contributed by atoms with Gasteiger partial charge in [0.25, 0.3) is 23.6 Å². The average Bonchev–Trinajstić information content (AvgIpc) is 0.700. The van der Waals surface area contributed by atoms with Gasteiger partial charge in [-0.2, -0.15) is 30.7 Å². The van der Waals surface area contributed by atoms with Crippen LogP contribution in [0.3, 0.4) is 0 Å². The van der Waals surface area contributed by atoms with Crippen molar-refractivity contribution in [2.45, 2.75) is 213 Å². The van der Waals surface area contributed by atoms with E-state index in [-0.39, 0.29) is 72.2 Å². The fraction of sp³-hybridized carbons (Fsp3) is 0.310. The normalized spacial score (nSPS) is 16.5. The maximum atomic E-state index is 13.9. The molecule has 5 aliphatic carbocycles. The highest BCUT2D eigenvalue weighted by Gasteiger charge is 2.45. The van der Waals surface area contributed by atoms with Crippen LogP contribution < -0.4 is 9.80 Å².